The lowest BCUT2D eigenvalue weighted by Crippen LogP contribution is -2.59. The van der Waals surface area contributed by atoms with E-state index in [4.69, 9.17) is 14.2 Å². The lowest BCUT2D eigenvalue weighted by Gasteiger charge is -2.62. The zero-order chi connectivity index (χ0) is 39.5. The van der Waals surface area contributed by atoms with Gasteiger partial charge in [0.2, 0.25) is 0 Å². The molecule has 0 aliphatic heterocycles. The summed E-state index contributed by atoms with van der Waals surface area (Å²) in [5.74, 6) is 1.47. The number of hydrogen-bond donors (Lipinski definition) is 0. The molecule has 2 aromatic rings. The summed E-state index contributed by atoms with van der Waals surface area (Å²) >= 11 is 0. The van der Waals surface area contributed by atoms with Crippen molar-refractivity contribution < 1.29 is 38.4 Å². The van der Waals surface area contributed by atoms with Gasteiger partial charge in [-0.25, -0.2) is 0 Å². The van der Waals surface area contributed by atoms with E-state index < -0.39 is 9.85 Å². The number of nitro benzene ring substituents is 2. The van der Waals surface area contributed by atoms with Gasteiger partial charge in [-0.2, -0.15) is 0 Å². The molecule has 0 N–H and O–H groups in total. The van der Waals surface area contributed by atoms with E-state index in [0.717, 1.165) is 63.4 Å². The fraction of sp³-hybridized carbons (Fsp3) is 0.651. The Balaban J connectivity index is 1.14. The van der Waals surface area contributed by atoms with Gasteiger partial charge in [0.15, 0.2) is 0 Å². The van der Waals surface area contributed by atoms with Gasteiger partial charge in [-0.15, -0.1) is 0 Å². The van der Waals surface area contributed by atoms with E-state index in [1.165, 1.54) is 31.4 Å². The first-order valence-corrected chi connectivity index (χ1v) is 20.1. The quantitative estimate of drug-likeness (QED) is 0.0787. The van der Waals surface area contributed by atoms with Crippen molar-refractivity contribution in [2.75, 3.05) is 7.11 Å². The standard InChI is InChI=1S/C43H56N2O10/c1-27(8-21-39(46)53-4)35-19-20-36-34-18-13-30-25-33(54-41(48)24-29-11-16-32(17-12-29)45(51)52)22-23-42(30,2)37(34)26-38(43(35,36)3)55-40(47)7-5-6-28-9-14-31(15-10-28)44(49)50/h9-12,14-17,27,30,33-38H,5-8,13,18-26H2,1-4H3/t27-,30-,33-,34+,35-,36+,37+,38+,42+,43-/m1/s1. The van der Waals surface area contributed by atoms with Crippen LogP contribution in [0.15, 0.2) is 48.5 Å². The molecule has 12 heteroatoms. The molecule has 0 aromatic heterocycles. The summed E-state index contributed by atoms with van der Waals surface area (Å²) in [6.45, 7) is 7.00. The number of nitrogens with zero attached hydrogens (tertiary/aromatic N) is 2. The van der Waals surface area contributed by atoms with Gasteiger partial charge in [-0.05, 0) is 123 Å². The number of rotatable bonds is 14. The Labute approximate surface area is 323 Å². The highest BCUT2D eigenvalue weighted by Crippen LogP contribution is 2.69. The van der Waals surface area contributed by atoms with Crippen molar-refractivity contribution in [1.29, 1.82) is 0 Å². The molecule has 0 spiro atoms. The molecule has 4 fully saturated rings. The number of ether oxygens (including phenoxy) is 3. The Morgan fingerprint density at radius 2 is 1.44 bits per heavy atom. The summed E-state index contributed by atoms with van der Waals surface area (Å²) in [4.78, 5) is 60.0. The number of aryl methyl sites for hydroxylation is 1. The molecular weight excluding hydrogens is 704 g/mol. The predicted molar refractivity (Wildman–Crippen MR) is 204 cm³/mol. The van der Waals surface area contributed by atoms with Gasteiger partial charge in [0.05, 0.1) is 23.4 Å². The Morgan fingerprint density at radius 3 is 2.07 bits per heavy atom. The second kappa shape index (κ2) is 16.8. The van der Waals surface area contributed by atoms with Gasteiger partial charge in [-0.3, -0.25) is 34.6 Å². The van der Waals surface area contributed by atoms with Crippen molar-refractivity contribution in [2.24, 2.45) is 46.3 Å². The lowest BCUT2D eigenvalue weighted by molar-refractivity contribution is -0.385. The van der Waals surface area contributed by atoms with Gasteiger partial charge in [0.25, 0.3) is 11.4 Å². The monoisotopic (exact) mass is 760 g/mol. The number of esters is 3. The van der Waals surface area contributed by atoms with Crippen molar-refractivity contribution in [3.63, 3.8) is 0 Å². The number of fused-ring (bicyclic) bond motifs is 5. The number of nitro groups is 2. The van der Waals surface area contributed by atoms with E-state index in [9.17, 15) is 34.6 Å². The van der Waals surface area contributed by atoms with E-state index in [1.807, 2.05) is 0 Å². The second-order valence-corrected chi connectivity index (χ2v) is 17.3. The summed E-state index contributed by atoms with van der Waals surface area (Å²) in [6.07, 6.45) is 9.75. The molecule has 298 valence electrons. The second-order valence-electron chi connectivity index (χ2n) is 17.3. The highest BCUT2D eigenvalue weighted by atomic mass is 16.6. The zero-order valence-electron chi connectivity index (χ0n) is 32.6. The van der Waals surface area contributed by atoms with Gasteiger partial charge >= 0.3 is 17.9 Å². The topological polar surface area (TPSA) is 165 Å². The third kappa shape index (κ3) is 8.58. The van der Waals surface area contributed by atoms with Gasteiger partial charge in [0, 0.05) is 42.5 Å². The van der Waals surface area contributed by atoms with Crippen LogP contribution < -0.4 is 0 Å². The van der Waals surface area contributed by atoms with Crippen molar-refractivity contribution in [3.05, 3.63) is 79.9 Å². The SMILES string of the molecule is COC(=O)CC[C@@H](C)[C@H]1CC[C@H]2[C@@H]3CC[C@@H]4C[C@H](OC(=O)Cc5ccc([N+](=O)[O-])cc5)CC[C@]4(C)[C@H]3C[C@H](OC(=O)CCCc3ccc([N+](=O)[O-])cc3)[C@]12C. The van der Waals surface area contributed by atoms with E-state index in [2.05, 4.69) is 20.8 Å². The Hall–Kier alpha value is -4.35. The highest BCUT2D eigenvalue weighted by molar-refractivity contribution is 5.73. The van der Waals surface area contributed by atoms with Crippen molar-refractivity contribution in [2.45, 2.75) is 123 Å². The summed E-state index contributed by atoms with van der Waals surface area (Å²) in [7, 11) is 1.43. The minimum absolute atomic E-state index is 0.0137. The van der Waals surface area contributed by atoms with Gasteiger partial charge in [-0.1, -0.05) is 45.0 Å². The molecule has 0 saturated heterocycles. The van der Waals surface area contributed by atoms with E-state index in [0.29, 0.717) is 54.4 Å². The molecular formula is C43H56N2O10. The molecule has 0 bridgehead atoms. The maximum absolute atomic E-state index is 13.7. The van der Waals surface area contributed by atoms with Crippen LogP contribution in [0, 0.1) is 66.6 Å². The smallest absolute Gasteiger partial charge is 0.310 e. The van der Waals surface area contributed by atoms with Gasteiger partial charge in [0.1, 0.15) is 12.2 Å². The van der Waals surface area contributed by atoms with Crippen LogP contribution >= 0.6 is 0 Å². The first-order valence-electron chi connectivity index (χ1n) is 20.1. The first-order chi connectivity index (χ1) is 26.2. The van der Waals surface area contributed by atoms with E-state index in [-0.39, 0.29) is 71.1 Å². The normalized spacial score (nSPS) is 31.5. The summed E-state index contributed by atoms with van der Waals surface area (Å²) < 4.78 is 17.6. The van der Waals surface area contributed by atoms with Crippen LogP contribution in [0.5, 0.6) is 0 Å². The lowest BCUT2D eigenvalue weighted by atomic mass is 9.43. The van der Waals surface area contributed by atoms with Crippen molar-refractivity contribution in [1.82, 2.24) is 0 Å². The first kappa shape index (κ1) is 40.3. The van der Waals surface area contributed by atoms with Crippen LogP contribution in [-0.2, 0) is 41.4 Å². The number of benzene rings is 2. The minimum Gasteiger partial charge on any atom is -0.469 e. The van der Waals surface area contributed by atoms with Crippen LogP contribution in [0.4, 0.5) is 11.4 Å². The Bertz CT molecular complexity index is 1730. The molecule has 4 aliphatic rings. The highest BCUT2D eigenvalue weighted by Gasteiger charge is 2.65. The van der Waals surface area contributed by atoms with E-state index >= 15 is 0 Å². The molecule has 55 heavy (non-hydrogen) atoms. The molecule has 0 amide bonds. The number of methoxy groups -OCH3 is 1. The van der Waals surface area contributed by atoms with Crippen molar-refractivity contribution in [3.8, 4) is 0 Å². The Morgan fingerprint density at radius 1 is 0.782 bits per heavy atom. The van der Waals surface area contributed by atoms with Crippen LogP contribution in [0.2, 0.25) is 0 Å². The largest absolute Gasteiger partial charge is 0.469 e. The number of hydrogen-bond acceptors (Lipinski definition) is 10. The summed E-state index contributed by atoms with van der Waals surface area (Å²) in [6, 6.07) is 12.5. The number of carbonyl (C=O) groups is 3. The average Bonchev–Trinajstić information content (AvgIpc) is 3.52. The molecule has 10 atom stereocenters. The summed E-state index contributed by atoms with van der Waals surface area (Å²) in [5, 5.41) is 22.1. The number of non-ortho nitro benzene ring substituents is 2. The third-order valence-electron chi connectivity index (χ3n) is 14.5. The number of carbonyl (C=O) groups excluding carboxylic acids is 3. The van der Waals surface area contributed by atoms with Crippen LogP contribution in [0.25, 0.3) is 0 Å². The molecule has 0 unspecified atom stereocenters. The maximum Gasteiger partial charge on any atom is 0.310 e. The summed E-state index contributed by atoms with van der Waals surface area (Å²) in [5.41, 5.74) is 1.44. The molecule has 4 saturated carbocycles. The predicted octanol–water partition coefficient (Wildman–Crippen LogP) is 8.75. The van der Waals surface area contributed by atoms with Crippen LogP contribution in [0.1, 0.15) is 109 Å². The zero-order valence-corrected chi connectivity index (χ0v) is 32.6. The fourth-order valence-corrected chi connectivity index (χ4v) is 11.6. The molecule has 0 heterocycles. The minimum atomic E-state index is -0.457. The maximum atomic E-state index is 13.7. The van der Waals surface area contributed by atoms with Crippen molar-refractivity contribution >= 4 is 29.3 Å². The molecule has 4 aliphatic carbocycles. The third-order valence-corrected chi connectivity index (χ3v) is 14.5. The molecule has 6 rings (SSSR count). The Kier molecular flexibility index (Phi) is 12.3. The van der Waals surface area contributed by atoms with Crippen LogP contribution in [0.3, 0.4) is 0 Å². The van der Waals surface area contributed by atoms with Gasteiger partial charge < -0.3 is 14.2 Å². The molecule has 2 aromatic carbocycles. The van der Waals surface area contributed by atoms with Crippen LogP contribution in [-0.4, -0.2) is 47.1 Å². The fourth-order valence-electron chi connectivity index (χ4n) is 11.6. The molecule has 12 nitrogen and oxygen atoms in total. The molecule has 0 radical (unpaired) electrons. The van der Waals surface area contributed by atoms with E-state index in [1.54, 1.807) is 24.3 Å². The average molecular weight is 761 g/mol.